The van der Waals surface area contributed by atoms with Crippen LogP contribution in [0.3, 0.4) is 0 Å². The molecule has 8 N–H and O–H groups in total. The number of hydrogen-bond donors (Lipinski definition) is 7. The van der Waals surface area contributed by atoms with Crippen molar-refractivity contribution in [1.82, 2.24) is 25.5 Å². The van der Waals surface area contributed by atoms with Gasteiger partial charge < -0.3 is 36.3 Å². The number of hydroxylamine groups is 1. The Balaban J connectivity index is 1.91. The summed E-state index contributed by atoms with van der Waals surface area (Å²) in [7, 11) is 0. The molecule has 17 heteroatoms. The largest absolute Gasteiger partial charge is 0.480 e. The van der Waals surface area contributed by atoms with Crippen molar-refractivity contribution in [1.29, 1.82) is 0 Å². The number of aryl methyl sites for hydroxylation is 1. The van der Waals surface area contributed by atoms with E-state index in [2.05, 4.69) is 10.8 Å². The van der Waals surface area contributed by atoms with Crippen molar-refractivity contribution in [3.05, 3.63) is 65.7 Å². The van der Waals surface area contributed by atoms with Crippen LogP contribution in [0.1, 0.15) is 17.5 Å². The second kappa shape index (κ2) is 20.9. The van der Waals surface area contributed by atoms with Crippen LogP contribution in [0.2, 0.25) is 0 Å². The van der Waals surface area contributed by atoms with Crippen LogP contribution >= 0.6 is 0 Å². The van der Waals surface area contributed by atoms with E-state index in [1.54, 1.807) is 29.2 Å². The molecule has 0 radical (unpaired) electrons. The molecule has 0 aromatic heterocycles. The van der Waals surface area contributed by atoms with Crippen LogP contribution in [0.15, 0.2) is 54.6 Å². The molecular formula is C31H42N6O11. The van der Waals surface area contributed by atoms with Gasteiger partial charge in [0.05, 0.1) is 38.8 Å². The number of rotatable bonds is 24. The van der Waals surface area contributed by atoms with Gasteiger partial charge in [0.2, 0.25) is 5.91 Å². The minimum atomic E-state index is -1.24. The molecule has 0 aliphatic rings. The van der Waals surface area contributed by atoms with E-state index < -0.39 is 67.9 Å². The number of nitrogens with one attached hydrogen (secondary N) is 2. The Kier molecular flexibility index (Phi) is 17.0. The number of carboxylic acids is 4. The van der Waals surface area contributed by atoms with Crippen molar-refractivity contribution in [2.45, 2.75) is 25.4 Å². The van der Waals surface area contributed by atoms with Crippen molar-refractivity contribution in [2.24, 2.45) is 5.73 Å². The number of carbonyl (C=O) groups excluding carboxylic acids is 2. The number of carbonyl (C=O) groups is 6. The SMILES string of the molecule is N[C@H](CCc1ccccc1)C(=O)NOc1ccc(CNC(=O)CN(CCN(CC(=O)O)CC(=O)O)CCN(CC(=O)O)CC(=O)O)cc1. The van der Waals surface area contributed by atoms with E-state index in [9.17, 15) is 28.8 Å². The van der Waals surface area contributed by atoms with Gasteiger partial charge in [0.25, 0.3) is 5.91 Å². The zero-order valence-corrected chi connectivity index (χ0v) is 26.3. The van der Waals surface area contributed by atoms with Crippen molar-refractivity contribution >= 4 is 35.7 Å². The average molecular weight is 675 g/mol. The van der Waals surface area contributed by atoms with E-state index in [4.69, 9.17) is 31.0 Å². The highest BCUT2D eigenvalue weighted by Crippen LogP contribution is 2.12. The number of nitrogens with zero attached hydrogens (tertiary/aromatic N) is 3. The van der Waals surface area contributed by atoms with Gasteiger partial charge in [0, 0.05) is 32.7 Å². The third-order valence-corrected chi connectivity index (χ3v) is 6.87. The first-order chi connectivity index (χ1) is 22.8. The zero-order valence-electron chi connectivity index (χ0n) is 26.3. The second-order valence-electron chi connectivity index (χ2n) is 10.9. The first kappa shape index (κ1) is 39.1. The summed E-state index contributed by atoms with van der Waals surface area (Å²) in [5.74, 6) is -5.55. The van der Waals surface area contributed by atoms with Gasteiger partial charge in [-0.25, -0.2) is 0 Å². The Morgan fingerprint density at radius 2 is 1.12 bits per heavy atom. The van der Waals surface area contributed by atoms with Crippen LogP contribution in [0.25, 0.3) is 0 Å². The Morgan fingerprint density at radius 3 is 1.60 bits per heavy atom. The third kappa shape index (κ3) is 17.0. The van der Waals surface area contributed by atoms with Crippen LogP contribution in [0, 0.1) is 0 Å². The third-order valence-electron chi connectivity index (χ3n) is 6.87. The lowest BCUT2D eigenvalue weighted by molar-refractivity contribution is -0.143. The van der Waals surface area contributed by atoms with E-state index >= 15 is 0 Å². The van der Waals surface area contributed by atoms with Crippen LogP contribution < -0.4 is 21.4 Å². The van der Waals surface area contributed by atoms with Crippen molar-refractivity contribution < 1.29 is 54.0 Å². The summed E-state index contributed by atoms with van der Waals surface area (Å²) in [5, 5.41) is 39.2. The molecule has 2 rings (SSSR count). The monoisotopic (exact) mass is 674 g/mol. The molecule has 0 saturated heterocycles. The highest BCUT2D eigenvalue weighted by atomic mass is 16.7. The average Bonchev–Trinajstić information content (AvgIpc) is 3.02. The minimum Gasteiger partial charge on any atom is -0.480 e. The standard InChI is InChI=1S/C31H42N6O11/c32-25(11-8-22-4-2-1-3-5-22)31(47)34-48-24-9-6-23(7-10-24)16-33-26(38)17-35(12-14-36(18-27(39)40)19-28(41)42)13-15-37(20-29(43)44)21-30(45)46/h1-7,9-10,25H,8,11-21,32H2,(H,33,38)(H,34,47)(H,39,40)(H,41,42)(H,43,44)(H,45,46)/t25-/m1/s1. The predicted molar refractivity (Wildman–Crippen MR) is 170 cm³/mol. The fourth-order valence-corrected chi connectivity index (χ4v) is 4.45. The Bertz CT molecular complexity index is 1290. The van der Waals surface area contributed by atoms with Gasteiger partial charge in [-0.3, -0.25) is 43.5 Å². The molecule has 262 valence electrons. The van der Waals surface area contributed by atoms with E-state index in [1.165, 1.54) is 0 Å². The van der Waals surface area contributed by atoms with Gasteiger partial charge in [-0.1, -0.05) is 42.5 Å². The Labute approximate surface area is 276 Å². The number of nitrogens with two attached hydrogens (primary N) is 1. The molecule has 48 heavy (non-hydrogen) atoms. The molecule has 17 nitrogen and oxygen atoms in total. The van der Waals surface area contributed by atoms with Crippen LogP contribution in [0.4, 0.5) is 0 Å². The Morgan fingerprint density at radius 1 is 0.646 bits per heavy atom. The number of amides is 2. The molecule has 0 fully saturated rings. The lowest BCUT2D eigenvalue weighted by Gasteiger charge is -2.28. The molecule has 0 aliphatic heterocycles. The molecule has 0 saturated carbocycles. The van der Waals surface area contributed by atoms with Gasteiger partial charge in [0.1, 0.15) is 0 Å². The molecule has 1 atom stereocenters. The van der Waals surface area contributed by atoms with E-state index in [0.717, 1.165) is 15.4 Å². The summed E-state index contributed by atoms with van der Waals surface area (Å²) in [6.45, 7) is -2.34. The van der Waals surface area contributed by atoms with E-state index in [1.807, 2.05) is 30.3 Å². The van der Waals surface area contributed by atoms with Crippen molar-refractivity contribution in [2.75, 3.05) is 58.9 Å². The van der Waals surface area contributed by atoms with Crippen molar-refractivity contribution in [3.8, 4) is 5.75 Å². The first-order valence-corrected chi connectivity index (χ1v) is 15.0. The maximum atomic E-state index is 12.8. The number of aliphatic carboxylic acids is 4. The molecule has 2 aromatic carbocycles. The normalized spacial score (nSPS) is 11.7. The molecule has 0 aliphatic carbocycles. The number of benzene rings is 2. The van der Waals surface area contributed by atoms with Gasteiger partial charge in [-0.15, -0.1) is 0 Å². The summed E-state index contributed by atoms with van der Waals surface area (Å²) < 4.78 is 0. The predicted octanol–water partition coefficient (Wildman–Crippen LogP) is -1.08. The number of carboxylic acid groups (broad SMARTS) is 4. The van der Waals surface area contributed by atoms with Gasteiger partial charge in [-0.05, 0) is 36.1 Å². The second-order valence-corrected chi connectivity index (χ2v) is 10.9. The highest BCUT2D eigenvalue weighted by Gasteiger charge is 2.20. The van der Waals surface area contributed by atoms with Gasteiger partial charge in [-0.2, -0.15) is 5.48 Å². The number of hydrogen-bond acceptors (Lipinski definition) is 11. The van der Waals surface area contributed by atoms with Crippen LogP contribution in [0.5, 0.6) is 5.75 Å². The summed E-state index contributed by atoms with van der Waals surface area (Å²) in [5.41, 5.74) is 10.0. The fourth-order valence-electron chi connectivity index (χ4n) is 4.45. The highest BCUT2D eigenvalue weighted by molar-refractivity contribution is 5.80. The summed E-state index contributed by atoms with van der Waals surface area (Å²) >= 11 is 0. The minimum absolute atomic E-state index is 0.0373. The topological polar surface area (TPSA) is 252 Å². The Hall–Kier alpha value is -5.10. The molecule has 0 heterocycles. The molecule has 0 unspecified atom stereocenters. The van der Waals surface area contributed by atoms with E-state index in [-0.39, 0.29) is 39.3 Å². The summed E-state index contributed by atoms with van der Waals surface area (Å²) in [6.07, 6.45) is 1.07. The van der Waals surface area contributed by atoms with Crippen LogP contribution in [-0.4, -0.2) is 136 Å². The summed E-state index contributed by atoms with van der Waals surface area (Å²) in [6, 6.07) is 15.4. The molecule has 2 aromatic rings. The quantitative estimate of drug-likeness (QED) is 0.0654. The van der Waals surface area contributed by atoms with E-state index in [0.29, 0.717) is 24.2 Å². The molecule has 0 bridgehead atoms. The van der Waals surface area contributed by atoms with Gasteiger partial charge >= 0.3 is 23.9 Å². The lowest BCUT2D eigenvalue weighted by atomic mass is 10.1. The lowest BCUT2D eigenvalue weighted by Crippen LogP contribution is -2.47. The van der Waals surface area contributed by atoms with Gasteiger partial charge in [0.15, 0.2) is 5.75 Å². The summed E-state index contributed by atoms with van der Waals surface area (Å²) in [4.78, 5) is 79.0. The smallest absolute Gasteiger partial charge is 0.317 e. The van der Waals surface area contributed by atoms with Crippen molar-refractivity contribution in [3.63, 3.8) is 0 Å². The maximum absolute atomic E-state index is 12.8. The van der Waals surface area contributed by atoms with Crippen LogP contribution in [-0.2, 0) is 41.7 Å². The molecule has 0 spiro atoms. The molecular weight excluding hydrogens is 632 g/mol. The zero-order chi connectivity index (χ0) is 35.5. The fraction of sp³-hybridized carbons (Fsp3) is 0.419. The first-order valence-electron chi connectivity index (χ1n) is 15.0. The molecule has 2 amide bonds. The maximum Gasteiger partial charge on any atom is 0.317 e.